The molecule has 2 rings (SSSR count). The second-order valence-electron chi connectivity index (χ2n) is 4.88. The van der Waals surface area contributed by atoms with Gasteiger partial charge in [0.2, 0.25) is 0 Å². The highest BCUT2D eigenvalue weighted by Gasteiger charge is 2.19. The molecular weight excluding hydrogens is 254 g/mol. The van der Waals surface area contributed by atoms with E-state index in [4.69, 9.17) is 0 Å². The first-order chi connectivity index (χ1) is 9.13. The van der Waals surface area contributed by atoms with Crippen molar-refractivity contribution in [3.63, 3.8) is 0 Å². The average molecular weight is 275 g/mol. The van der Waals surface area contributed by atoms with Crippen molar-refractivity contribution in [1.29, 1.82) is 0 Å². The normalized spacial score (nSPS) is 12.6. The van der Waals surface area contributed by atoms with Crippen LogP contribution in [0.15, 0.2) is 17.5 Å². The van der Waals surface area contributed by atoms with Crippen LogP contribution in [-0.2, 0) is 0 Å². The quantitative estimate of drug-likeness (QED) is 0.906. The lowest BCUT2D eigenvalue weighted by atomic mass is 10.0. The van der Waals surface area contributed by atoms with Crippen molar-refractivity contribution >= 4 is 11.3 Å². The third-order valence-electron chi connectivity index (χ3n) is 3.21. The molecule has 3 nitrogen and oxygen atoms in total. The number of aromatic nitrogens is 2. The van der Waals surface area contributed by atoms with Crippen LogP contribution in [0.5, 0.6) is 0 Å². The van der Waals surface area contributed by atoms with E-state index in [1.165, 1.54) is 16.0 Å². The molecule has 1 unspecified atom stereocenters. The van der Waals surface area contributed by atoms with Crippen LogP contribution < -0.4 is 5.32 Å². The van der Waals surface area contributed by atoms with Gasteiger partial charge < -0.3 is 5.32 Å². The van der Waals surface area contributed by atoms with Crippen LogP contribution >= 0.6 is 11.3 Å². The molecule has 2 aromatic rings. The van der Waals surface area contributed by atoms with Crippen LogP contribution in [0, 0.1) is 20.8 Å². The topological polar surface area (TPSA) is 37.8 Å². The maximum Gasteiger partial charge on any atom is 0.0692 e. The van der Waals surface area contributed by atoms with E-state index in [1.54, 1.807) is 11.3 Å². The summed E-state index contributed by atoms with van der Waals surface area (Å²) in [6.45, 7) is 9.39. The molecule has 0 fully saturated rings. The van der Waals surface area contributed by atoms with Crippen molar-refractivity contribution in [2.75, 3.05) is 6.54 Å². The Hall–Kier alpha value is -1.26. The summed E-state index contributed by atoms with van der Waals surface area (Å²) in [5.41, 5.74) is 4.56. The highest BCUT2D eigenvalue weighted by atomic mass is 32.1. The van der Waals surface area contributed by atoms with Crippen molar-refractivity contribution in [2.45, 2.75) is 40.2 Å². The summed E-state index contributed by atoms with van der Waals surface area (Å²) in [6, 6.07) is 4.56. The molecule has 0 saturated carbocycles. The van der Waals surface area contributed by atoms with Gasteiger partial charge in [-0.1, -0.05) is 6.92 Å². The maximum absolute atomic E-state index is 4.26. The van der Waals surface area contributed by atoms with Gasteiger partial charge in [-0.05, 0) is 62.4 Å². The first-order valence-corrected chi connectivity index (χ1v) is 7.59. The van der Waals surface area contributed by atoms with Gasteiger partial charge in [0.1, 0.15) is 0 Å². The van der Waals surface area contributed by atoms with Gasteiger partial charge in [-0.15, -0.1) is 11.3 Å². The summed E-state index contributed by atoms with van der Waals surface area (Å²) in [5.74, 6) is 0. The summed E-state index contributed by atoms with van der Waals surface area (Å²) >= 11 is 1.81. The molecule has 102 valence electrons. The van der Waals surface area contributed by atoms with Gasteiger partial charge in [0.25, 0.3) is 0 Å². The van der Waals surface area contributed by atoms with Crippen LogP contribution in [0.3, 0.4) is 0 Å². The largest absolute Gasteiger partial charge is 0.306 e. The molecule has 0 bridgehead atoms. The summed E-state index contributed by atoms with van der Waals surface area (Å²) in [7, 11) is 0. The van der Waals surface area contributed by atoms with Gasteiger partial charge in [-0.25, -0.2) is 0 Å². The Morgan fingerprint density at radius 2 is 2.05 bits per heavy atom. The number of aryl methyl sites for hydroxylation is 3. The Bertz CT molecular complexity index is 548. The molecule has 0 aliphatic carbocycles. The first kappa shape index (κ1) is 14.2. The van der Waals surface area contributed by atoms with E-state index in [-0.39, 0.29) is 6.04 Å². The van der Waals surface area contributed by atoms with Crippen molar-refractivity contribution < 1.29 is 0 Å². The number of nitrogens with one attached hydrogen (secondary N) is 1. The second kappa shape index (κ2) is 6.26. The van der Waals surface area contributed by atoms with E-state index < -0.39 is 0 Å². The minimum Gasteiger partial charge on any atom is -0.306 e. The fourth-order valence-corrected chi connectivity index (χ4v) is 3.19. The van der Waals surface area contributed by atoms with Crippen LogP contribution in [-0.4, -0.2) is 16.7 Å². The van der Waals surface area contributed by atoms with E-state index in [1.807, 2.05) is 13.8 Å². The fraction of sp³-hybridized carbons (Fsp3) is 0.467. The lowest BCUT2D eigenvalue weighted by Gasteiger charge is -2.20. The second-order valence-corrected chi connectivity index (χ2v) is 5.83. The molecule has 0 spiro atoms. The molecule has 1 atom stereocenters. The molecule has 0 aromatic carbocycles. The summed E-state index contributed by atoms with van der Waals surface area (Å²) in [6.07, 6.45) is 1.12. The number of hydrogen-bond donors (Lipinski definition) is 1. The Morgan fingerprint density at radius 3 is 2.68 bits per heavy atom. The molecule has 0 saturated heterocycles. The third-order valence-corrected chi connectivity index (χ3v) is 4.30. The molecule has 4 heteroatoms. The molecule has 0 radical (unpaired) electrons. The molecule has 2 heterocycles. The first-order valence-electron chi connectivity index (χ1n) is 6.71. The SMILES string of the molecule is CCCNC(c1cc(C)nnc1C)c1sccc1C. The van der Waals surface area contributed by atoms with E-state index in [0.29, 0.717) is 0 Å². The Kier molecular flexibility index (Phi) is 4.66. The van der Waals surface area contributed by atoms with Crippen LogP contribution in [0.4, 0.5) is 0 Å². The predicted molar refractivity (Wildman–Crippen MR) is 80.7 cm³/mol. The summed E-state index contributed by atoms with van der Waals surface area (Å²) in [4.78, 5) is 1.38. The minimum absolute atomic E-state index is 0.231. The van der Waals surface area contributed by atoms with Gasteiger partial charge in [0, 0.05) is 4.88 Å². The number of nitrogens with zero attached hydrogens (tertiary/aromatic N) is 2. The lowest BCUT2D eigenvalue weighted by molar-refractivity contribution is 0.596. The van der Waals surface area contributed by atoms with Gasteiger partial charge in [-0.3, -0.25) is 0 Å². The van der Waals surface area contributed by atoms with Crippen LogP contribution in [0.2, 0.25) is 0 Å². The number of rotatable bonds is 5. The smallest absolute Gasteiger partial charge is 0.0692 e. The van der Waals surface area contributed by atoms with Crippen molar-refractivity contribution in [2.24, 2.45) is 0 Å². The molecule has 19 heavy (non-hydrogen) atoms. The van der Waals surface area contributed by atoms with Gasteiger partial charge >= 0.3 is 0 Å². The van der Waals surface area contributed by atoms with Gasteiger partial charge in [-0.2, -0.15) is 10.2 Å². The van der Waals surface area contributed by atoms with Crippen molar-refractivity contribution in [3.8, 4) is 0 Å². The number of hydrogen-bond acceptors (Lipinski definition) is 4. The molecule has 0 amide bonds. The lowest BCUT2D eigenvalue weighted by Crippen LogP contribution is -2.24. The van der Waals surface area contributed by atoms with E-state index in [0.717, 1.165) is 24.4 Å². The van der Waals surface area contributed by atoms with Crippen molar-refractivity contribution in [3.05, 3.63) is 44.9 Å². The average Bonchev–Trinajstić information content (AvgIpc) is 2.80. The Balaban J connectivity index is 2.42. The zero-order valence-corrected chi connectivity index (χ0v) is 12.8. The zero-order chi connectivity index (χ0) is 13.8. The Morgan fingerprint density at radius 1 is 1.26 bits per heavy atom. The van der Waals surface area contributed by atoms with Gasteiger partial charge in [0.05, 0.1) is 17.4 Å². The highest BCUT2D eigenvalue weighted by Crippen LogP contribution is 2.30. The molecule has 2 aromatic heterocycles. The zero-order valence-electron chi connectivity index (χ0n) is 12.0. The molecular formula is C15H21N3S. The van der Waals surface area contributed by atoms with Crippen molar-refractivity contribution in [1.82, 2.24) is 15.5 Å². The monoisotopic (exact) mass is 275 g/mol. The molecule has 1 N–H and O–H groups in total. The third kappa shape index (κ3) is 3.19. The Labute approximate surface area is 119 Å². The predicted octanol–water partition coefficient (Wildman–Crippen LogP) is 3.55. The number of thiophene rings is 1. The van der Waals surface area contributed by atoms with E-state index in [9.17, 15) is 0 Å². The van der Waals surface area contributed by atoms with Crippen LogP contribution in [0.1, 0.15) is 46.8 Å². The van der Waals surface area contributed by atoms with E-state index in [2.05, 4.69) is 46.9 Å². The minimum atomic E-state index is 0.231. The summed E-state index contributed by atoms with van der Waals surface area (Å²) < 4.78 is 0. The maximum atomic E-state index is 4.26. The standard InChI is InChI=1S/C15H21N3S/c1-5-7-16-14(15-10(2)6-8-19-15)13-9-11(3)17-18-12(13)4/h6,8-9,14,16H,5,7H2,1-4H3. The fourth-order valence-electron chi connectivity index (χ4n) is 2.17. The molecule has 0 aliphatic rings. The summed E-state index contributed by atoms with van der Waals surface area (Å²) in [5, 5.41) is 14.2. The van der Waals surface area contributed by atoms with E-state index >= 15 is 0 Å². The van der Waals surface area contributed by atoms with Crippen LogP contribution in [0.25, 0.3) is 0 Å². The van der Waals surface area contributed by atoms with Gasteiger partial charge in [0.15, 0.2) is 0 Å². The molecule has 0 aliphatic heterocycles. The highest BCUT2D eigenvalue weighted by molar-refractivity contribution is 7.10.